The van der Waals surface area contributed by atoms with Crippen LogP contribution < -0.4 is 15.2 Å². The van der Waals surface area contributed by atoms with Crippen molar-refractivity contribution in [1.29, 1.82) is 0 Å². The number of aromatic hydroxyl groups is 1. The van der Waals surface area contributed by atoms with E-state index in [1.807, 2.05) is 0 Å². The van der Waals surface area contributed by atoms with Gasteiger partial charge < -0.3 is 39.6 Å². The van der Waals surface area contributed by atoms with Gasteiger partial charge in [0.15, 0.2) is 23.1 Å². The van der Waals surface area contributed by atoms with Crippen LogP contribution in [0.4, 0.5) is 0 Å². The number of nitrogens with zero attached hydrogens (tertiary/aromatic N) is 3. The first-order chi connectivity index (χ1) is 21.9. The minimum Gasteiger partial charge on any atom is -0.508 e. The van der Waals surface area contributed by atoms with Gasteiger partial charge in [0.25, 0.3) is 0 Å². The van der Waals surface area contributed by atoms with Crippen LogP contribution in [0.25, 0.3) is 12.2 Å². The van der Waals surface area contributed by atoms with E-state index in [-0.39, 0.29) is 37.0 Å². The lowest BCUT2D eigenvalue weighted by Crippen LogP contribution is -2.14. The SMILES string of the molecule is COc1cc(C=CC(=O)CC(=O)C=Cc2ccc(O)c(CO)c2)ccc1OCc1cn(CCOCCOCCOCCN)nn1. The molecular weight excluding hydrogens is 584 g/mol. The average Bonchev–Trinajstić information content (AvgIpc) is 3.51. The maximum absolute atomic E-state index is 12.3. The summed E-state index contributed by atoms with van der Waals surface area (Å²) < 4.78 is 29.2. The molecule has 0 bridgehead atoms. The topological polar surface area (TPSA) is 177 Å². The number of aliphatic hydroxyl groups is 1. The number of benzene rings is 2. The van der Waals surface area contributed by atoms with E-state index in [1.165, 1.54) is 31.4 Å². The van der Waals surface area contributed by atoms with Crippen LogP contribution >= 0.6 is 0 Å². The van der Waals surface area contributed by atoms with Gasteiger partial charge in [-0.05, 0) is 47.5 Å². The molecule has 2 aromatic carbocycles. The summed E-state index contributed by atoms with van der Waals surface area (Å²) in [5.74, 6) is 0.191. The van der Waals surface area contributed by atoms with Crippen LogP contribution in [0.15, 0.2) is 54.7 Å². The van der Waals surface area contributed by atoms with Crippen LogP contribution in [0, 0.1) is 0 Å². The Morgan fingerprint density at radius 3 is 2.20 bits per heavy atom. The minimum atomic E-state index is -0.375. The number of methoxy groups -OCH3 is 1. The molecule has 242 valence electrons. The van der Waals surface area contributed by atoms with Crippen molar-refractivity contribution in [3.63, 3.8) is 0 Å². The molecule has 13 nitrogen and oxygen atoms in total. The maximum Gasteiger partial charge on any atom is 0.163 e. The Morgan fingerprint density at radius 1 is 0.889 bits per heavy atom. The van der Waals surface area contributed by atoms with Crippen molar-refractivity contribution in [2.24, 2.45) is 5.73 Å². The lowest BCUT2D eigenvalue weighted by molar-refractivity contribution is -0.121. The Hall–Kier alpha value is -4.40. The quantitative estimate of drug-likeness (QED) is 0.0846. The fourth-order valence-electron chi connectivity index (χ4n) is 3.86. The third kappa shape index (κ3) is 13.0. The molecule has 0 aliphatic rings. The lowest BCUT2D eigenvalue weighted by atomic mass is 10.1. The zero-order valence-electron chi connectivity index (χ0n) is 25.3. The molecule has 0 aliphatic carbocycles. The molecule has 45 heavy (non-hydrogen) atoms. The molecule has 1 aromatic heterocycles. The normalized spacial score (nSPS) is 11.4. The molecule has 0 spiro atoms. The Balaban J connectivity index is 1.40. The van der Waals surface area contributed by atoms with E-state index in [0.717, 1.165) is 0 Å². The van der Waals surface area contributed by atoms with Crippen LogP contribution in [-0.4, -0.2) is 90.1 Å². The molecule has 0 saturated heterocycles. The first-order valence-corrected chi connectivity index (χ1v) is 14.4. The number of hydrogen-bond acceptors (Lipinski definition) is 12. The molecule has 3 rings (SSSR count). The Kier molecular flexibility index (Phi) is 15.4. The second-order valence-electron chi connectivity index (χ2n) is 9.62. The number of nitrogens with two attached hydrogens (primary N) is 1. The molecule has 0 atom stereocenters. The predicted octanol–water partition coefficient (Wildman–Crippen LogP) is 2.33. The van der Waals surface area contributed by atoms with Crippen LogP contribution in [-0.2, 0) is 43.6 Å². The van der Waals surface area contributed by atoms with Gasteiger partial charge in [-0.15, -0.1) is 5.10 Å². The van der Waals surface area contributed by atoms with Gasteiger partial charge in [-0.2, -0.15) is 0 Å². The van der Waals surface area contributed by atoms with E-state index in [1.54, 1.807) is 47.3 Å². The fourth-order valence-corrected chi connectivity index (χ4v) is 3.86. The highest BCUT2D eigenvalue weighted by atomic mass is 16.5. The second-order valence-corrected chi connectivity index (χ2v) is 9.62. The van der Waals surface area contributed by atoms with E-state index in [0.29, 0.717) is 86.6 Å². The Bertz CT molecular complexity index is 1420. The number of rotatable bonds is 22. The van der Waals surface area contributed by atoms with Gasteiger partial charge in [0.1, 0.15) is 18.1 Å². The van der Waals surface area contributed by atoms with Gasteiger partial charge in [-0.1, -0.05) is 29.5 Å². The highest BCUT2D eigenvalue weighted by Gasteiger charge is 2.09. The van der Waals surface area contributed by atoms with Crippen molar-refractivity contribution in [3.8, 4) is 17.2 Å². The predicted molar refractivity (Wildman–Crippen MR) is 166 cm³/mol. The third-order valence-electron chi connectivity index (χ3n) is 6.17. The molecule has 13 heteroatoms. The van der Waals surface area contributed by atoms with Crippen molar-refractivity contribution in [1.82, 2.24) is 15.0 Å². The Labute approximate surface area is 261 Å². The number of ether oxygens (including phenoxy) is 5. The number of carbonyl (C=O) groups is 2. The number of hydrogen-bond donors (Lipinski definition) is 3. The van der Waals surface area contributed by atoms with Gasteiger partial charge in [0, 0.05) is 12.1 Å². The van der Waals surface area contributed by atoms with Crippen molar-refractivity contribution < 1.29 is 43.5 Å². The van der Waals surface area contributed by atoms with Crippen LogP contribution in [0.2, 0.25) is 0 Å². The summed E-state index contributed by atoms with van der Waals surface area (Å²) in [6.45, 7) is 3.80. The Morgan fingerprint density at radius 2 is 1.53 bits per heavy atom. The van der Waals surface area contributed by atoms with E-state index >= 15 is 0 Å². The number of phenols is 1. The van der Waals surface area contributed by atoms with E-state index in [2.05, 4.69) is 10.3 Å². The van der Waals surface area contributed by atoms with Gasteiger partial charge in [-0.3, -0.25) is 9.59 Å². The van der Waals surface area contributed by atoms with E-state index in [9.17, 15) is 19.8 Å². The monoisotopic (exact) mass is 624 g/mol. The molecule has 3 aromatic rings. The number of aromatic nitrogens is 3. The summed E-state index contributed by atoms with van der Waals surface area (Å²) in [7, 11) is 1.51. The van der Waals surface area contributed by atoms with E-state index in [4.69, 9.17) is 29.4 Å². The van der Waals surface area contributed by atoms with E-state index < -0.39 is 0 Å². The molecule has 1 heterocycles. The smallest absolute Gasteiger partial charge is 0.163 e. The highest BCUT2D eigenvalue weighted by molar-refractivity contribution is 6.10. The average molecular weight is 625 g/mol. The summed E-state index contributed by atoms with van der Waals surface area (Å²) in [6, 6.07) is 9.80. The van der Waals surface area contributed by atoms with Crippen LogP contribution in [0.3, 0.4) is 0 Å². The molecule has 4 N–H and O–H groups in total. The molecule has 0 aliphatic heterocycles. The number of allylic oxidation sites excluding steroid dienone is 2. The van der Waals surface area contributed by atoms with Crippen molar-refractivity contribution in [2.75, 3.05) is 53.3 Å². The summed E-state index contributed by atoms with van der Waals surface area (Å²) in [6.07, 6.45) is 7.22. The number of carbonyl (C=O) groups excluding carboxylic acids is 2. The molecule has 0 fully saturated rings. The second kappa shape index (κ2) is 19.8. The standard InChI is InChI=1S/C32H40N4O9/c1-41-32-19-25(3-7-29(39)20-28(38)6-2-24-4-8-30(40)26(18-24)22-37)5-9-31(32)45-23-27-21-36(35-34-27)11-13-43-15-17-44-16-14-42-12-10-33/h2-9,18-19,21,37,40H,10-17,20,22-23,33H2,1H3. The largest absolute Gasteiger partial charge is 0.508 e. The maximum atomic E-state index is 12.3. The minimum absolute atomic E-state index is 0.0282. The fraction of sp³-hybridized carbons (Fsp3) is 0.375. The van der Waals surface area contributed by atoms with Gasteiger partial charge in [0.2, 0.25) is 0 Å². The van der Waals surface area contributed by atoms with Crippen molar-refractivity contribution in [3.05, 3.63) is 77.1 Å². The lowest BCUT2D eigenvalue weighted by Gasteiger charge is -2.10. The number of aliphatic hydroxyl groups excluding tert-OH is 1. The first-order valence-electron chi connectivity index (χ1n) is 14.4. The molecule has 0 amide bonds. The van der Waals surface area contributed by atoms with Gasteiger partial charge >= 0.3 is 0 Å². The summed E-state index contributed by atoms with van der Waals surface area (Å²) in [4.78, 5) is 24.6. The first kappa shape index (κ1) is 35.1. The highest BCUT2D eigenvalue weighted by Crippen LogP contribution is 2.29. The zero-order chi connectivity index (χ0) is 32.3. The summed E-state index contributed by atoms with van der Waals surface area (Å²) in [5.41, 5.74) is 7.64. The third-order valence-corrected chi connectivity index (χ3v) is 6.17. The van der Waals surface area contributed by atoms with Crippen molar-refractivity contribution >= 4 is 23.7 Å². The molecule has 0 unspecified atom stereocenters. The van der Waals surface area contributed by atoms with Gasteiger partial charge in [-0.25, -0.2) is 4.68 Å². The van der Waals surface area contributed by atoms with Crippen molar-refractivity contribution in [2.45, 2.75) is 26.2 Å². The summed E-state index contributed by atoms with van der Waals surface area (Å²) in [5, 5.41) is 27.1. The molecular formula is C32H40N4O9. The summed E-state index contributed by atoms with van der Waals surface area (Å²) >= 11 is 0. The van der Waals surface area contributed by atoms with Crippen LogP contribution in [0.5, 0.6) is 17.2 Å². The van der Waals surface area contributed by atoms with Crippen LogP contribution in [0.1, 0.15) is 28.8 Å². The van der Waals surface area contributed by atoms with Gasteiger partial charge in [0.05, 0.1) is 72.5 Å². The molecule has 0 radical (unpaired) electrons. The molecule has 0 saturated carbocycles. The number of ketones is 2. The zero-order valence-corrected chi connectivity index (χ0v) is 25.3.